The third-order valence-electron chi connectivity index (χ3n) is 6.39. The Bertz CT molecular complexity index is 1140. The first-order chi connectivity index (χ1) is 15.6. The lowest BCUT2D eigenvalue weighted by atomic mass is 9.75. The molecule has 0 spiro atoms. The lowest BCUT2D eigenvalue weighted by molar-refractivity contribution is -0.126. The zero-order valence-electron chi connectivity index (χ0n) is 18.4. The fraction of sp³-hybridized carbons (Fsp3) is 0.375. The number of methoxy groups -OCH3 is 3. The lowest BCUT2D eigenvalue weighted by Gasteiger charge is -2.41. The molecule has 2 aliphatic rings. The fourth-order valence-electron chi connectivity index (χ4n) is 4.81. The highest BCUT2D eigenvalue weighted by molar-refractivity contribution is 5.84. The number of ketones is 1. The van der Waals surface area contributed by atoms with E-state index in [1.807, 2.05) is 47.1 Å². The van der Waals surface area contributed by atoms with E-state index in [0.717, 1.165) is 29.7 Å². The number of nitrogens with one attached hydrogen (secondary N) is 1. The maximum absolute atomic E-state index is 13.1. The van der Waals surface area contributed by atoms with E-state index in [1.165, 1.54) is 0 Å². The van der Waals surface area contributed by atoms with E-state index in [0.29, 0.717) is 29.7 Å². The van der Waals surface area contributed by atoms with Crippen LogP contribution in [0.4, 0.5) is 5.95 Å². The third kappa shape index (κ3) is 3.36. The molecule has 1 saturated carbocycles. The molecule has 0 saturated heterocycles. The molecular formula is C24H26N4O4. The molecule has 5 rings (SSSR count). The summed E-state index contributed by atoms with van der Waals surface area (Å²) in [5, 5.41) is 8.32. The van der Waals surface area contributed by atoms with E-state index in [9.17, 15) is 4.79 Å². The molecule has 3 aromatic rings. The number of aromatic nitrogens is 3. The molecule has 1 fully saturated rings. The SMILES string of the molecule is COc1ccc(-c2nc3n(n2)[C@H](c2ccc(OC)c(OC)c2)[C@H]2C(=O)CCC[C@H]2N3)cc1. The van der Waals surface area contributed by atoms with Gasteiger partial charge in [-0.25, -0.2) is 4.68 Å². The van der Waals surface area contributed by atoms with E-state index >= 15 is 0 Å². The van der Waals surface area contributed by atoms with Crippen molar-refractivity contribution in [3.8, 4) is 28.6 Å². The zero-order valence-corrected chi connectivity index (χ0v) is 18.4. The number of hydrogen-bond acceptors (Lipinski definition) is 7. The summed E-state index contributed by atoms with van der Waals surface area (Å²) in [7, 11) is 4.86. The van der Waals surface area contributed by atoms with E-state index < -0.39 is 0 Å². The van der Waals surface area contributed by atoms with Crippen molar-refractivity contribution in [3.05, 3.63) is 48.0 Å². The Morgan fingerprint density at radius 3 is 2.50 bits per heavy atom. The molecular weight excluding hydrogens is 408 g/mol. The number of carbonyl (C=O) groups is 1. The van der Waals surface area contributed by atoms with Gasteiger partial charge in [0.15, 0.2) is 17.3 Å². The molecule has 1 N–H and O–H groups in total. The van der Waals surface area contributed by atoms with Gasteiger partial charge in [-0.2, -0.15) is 4.98 Å². The van der Waals surface area contributed by atoms with Gasteiger partial charge in [-0.15, -0.1) is 5.10 Å². The summed E-state index contributed by atoms with van der Waals surface area (Å²) in [6.07, 6.45) is 2.39. The minimum atomic E-state index is -0.275. The Balaban J connectivity index is 1.62. The van der Waals surface area contributed by atoms with E-state index in [-0.39, 0.29) is 23.8 Å². The Hall–Kier alpha value is -3.55. The number of fused-ring (bicyclic) bond motifs is 2. The van der Waals surface area contributed by atoms with Gasteiger partial charge in [-0.3, -0.25) is 4.79 Å². The first-order valence-electron chi connectivity index (χ1n) is 10.7. The van der Waals surface area contributed by atoms with Gasteiger partial charge in [0, 0.05) is 18.0 Å². The van der Waals surface area contributed by atoms with E-state index in [4.69, 9.17) is 24.3 Å². The van der Waals surface area contributed by atoms with Crippen molar-refractivity contribution >= 4 is 11.7 Å². The van der Waals surface area contributed by atoms with Crippen LogP contribution in [0.3, 0.4) is 0 Å². The van der Waals surface area contributed by atoms with Crippen LogP contribution in [0.2, 0.25) is 0 Å². The van der Waals surface area contributed by atoms with Crippen LogP contribution in [0, 0.1) is 5.92 Å². The Morgan fingerprint density at radius 1 is 1.00 bits per heavy atom. The van der Waals surface area contributed by atoms with Crippen LogP contribution in [-0.4, -0.2) is 47.9 Å². The first kappa shape index (κ1) is 20.4. The van der Waals surface area contributed by atoms with Crippen LogP contribution in [0.15, 0.2) is 42.5 Å². The normalized spacial score (nSPS) is 21.8. The molecule has 2 aromatic carbocycles. The van der Waals surface area contributed by atoms with Crippen LogP contribution in [0.5, 0.6) is 17.2 Å². The van der Waals surface area contributed by atoms with Crippen molar-refractivity contribution in [2.24, 2.45) is 5.92 Å². The Morgan fingerprint density at radius 2 is 1.78 bits per heavy atom. The predicted molar refractivity (Wildman–Crippen MR) is 119 cm³/mol. The van der Waals surface area contributed by atoms with Crippen molar-refractivity contribution < 1.29 is 19.0 Å². The minimum Gasteiger partial charge on any atom is -0.497 e. The van der Waals surface area contributed by atoms with Gasteiger partial charge in [-0.1, -0.05) is 6.07 Å². The maximum atomic E-state index is 13.1. The molecule has 1 aromatic heterocycles. The van der Waals surface area contributed by atoms with Crippen LogP contribution >= 0.6 is 0 Å². The van der Waals surface area contributed by atoms with Crippen LogP contribution in [-0.2, 0) is 4.79 Å². The van der Waals surface area contributed by atoms with Crippen molar-refractivity contribution in [3.63, 3.8) is 0 Å². The molecule has 1 aliphatic carbocycles. The number of anilines is 1. The topological polar surface area (TPSA) is 87.5 Å². The van der Waals surface area contributed by atoms with E-state index in [2.05, 4.69) is 5.32 Å². The van der Waals surface area contributed by atoms with Gasteiger partial charge >= 0.3 is 0 Å². The number of nitrogens with zero attached hydrogens (tertiary/aromatic N) is 3. The Kier molecular flexibility index (Phi) is 5.20. The summed E-state index contributed by atoms with van der Waals surface area (Å²) in [5.41, 5.74) is 1.83. The number of carbonyl (C=O) groups excluding carboxylic acids is 1. The number of rotatable bonds is 5. The molecule has 32 heavy (non-hydrogen) atoms. The molecule has 0 bridgehead atoms. The quantitative estimate of drug-likeness (QED) is 0.655. The average molecular weight is 434 g/mol. The summed E-state index contributed by atoms with van der Waals surface area (Å²) in [5.74, 6) is 3.35. The molecule has 8 heteroatoms. The van der Waals surface area contributed by atoms with Gasteiger partial charge in [0.1, 0.15) is 11.5 Å². The second-order valence-corrected chi connectivity index (χ2v) is 8.13. The second kappa shape index (κ2) is 8.18. The number of hydrogen-bond donors (Lipinski definition) is 1. The summed E-state index contributed by atoms with van der Waals surface area (Å²) >= 11 is 0. The standard InChI is InChI=1S/C24H26N4O4/c1-30-16-10-7-14(8-11-16)23-26-24-25-17-5-4-6-18(29)21(17)22(28(24)27-23)15-9-12-19(31-2)20(13-15)32-3/h7-13,17,21-22H,4-6H2,1-3H3,(H,25,26,27)/t17-,21-,22-/m1/s1. The van der Waals surface area contributed by atoms with Gasteiger partial charge in [-0.05, 0) is 54.8 Å². The van der Waals surface area contributed by atoms with Crippen molar-refractivity contribution in [1.29, 1.82) is 0 Å². The summed E-state index contributed by atoms with van der Waals surface area (Å²) in [6, 6.07) is 13.2. The molecule has 1 aliphatic heterocycles. The van der Waals surface area contributed by atoms with Crippen LogP contribution in [0.25, 0.3) is 11.4 Å². The molecule has 0 unspecified atom stereocenters. The summed E-state index contributed by atoms with van der Waals surface area (Å²) in [6.45, 7) is 0. The monoisotopic (exact) mass is 434 g/mol. The van der Waals surface area contributed by atoms with Crippen LogP contribution in [0.1, 0.15) is 30.9 Å². The summed E-state index contributed by atoms with van der Waals surface area (Å²) < 4.78 is 18.1. The highest BCUT2D eigenvalue weighted by Gasteiger charge is 2.45. The molecule has 8 nitrogen and oxygen atoms in total. The van der Waals surface area contributed by atoms with E-state index in [1.54, 1.807) is 21.3 Å². The number of ether oxygens (including phenoxy) is 3. The van der Waals surface area contributed by atoms with Gasteiger partial charge < -0.3 is 19.5 Å². The fourth-order valence-corrected chi connectivity index (χ4v) is 4.81. The van der Waals surface area contributed by atoms with Gasteiger partial charge in [0.25, 0.3) is 0 Å². The van der Waals surface area contributed by atoms with Crippen molar-refractivity contribution in [1.82, 2.24) is 14.8 Å². The lowest BCUT2D eigenvalue weighted by Crippen LogP contribution is -2.48. The smallest absolute Gasteiger partial charge is 0.222 e. The second-order valence-electron chi connectivity index (χ2n) is 8.13. The predicted octanol–water partition coefficient (Wildman–Crippen LogP) is 3.72. The van der Waals surface area contributed by atoms with Crippen molar-refractivity contribution in [2.45, 2.75) is 31.3 Å². The summed E-state index contributed by atoms with van der Waals surface area (Å²) in [4.78, 5) is 17.9. The molecule has 166 valence electrons. The molecule has 0 amide bonds. The molecule has 3 atom stereocenters. The minimum absolute atomic E-state index is 0.0229. The Labute approximate surface area is 186 Å². The van der Waals surface area contributed by atoms with Crippen LogP contribution < -0.4 is 19.5 Å². The highest BCUT2D eigenvalue weighted by atomic mass is 16.5. The average Bonchev–Trinajstić information content (AvgIpc) is 3.26. The largest absolute Gasteiger partial charge is 0.497 e. The van der Waals surface area contributed by atoms with Gasteiger partial charge in [0.05, 0.1) is 33.3 Å². The zero-order chi connectivity index (χ0) is 22.2. The molecule has 2 heterocycles. The molecule has 0 radical (unpaired) electrons. The maximum Gasteiger partial charge on any atom is 0.222 e. The number of benzene rings is 2. The third-order valence-corrected chi connectivity index (χ3v) is 6.39. The first-order valence-corrected chi connectivity index (χ1v) is 10.7. The number of Topliss-reactive ketones (excluding diaryl/α,β-unsaturated/α-hetero) is 1. The van der Waals surface area contributed by atoms with Gasteiger partial charge in [0.2, 0.25) is 5.95 Å². The van der Waals surface area contributed by atoms with Crippen molar-refractivity contribution in [2.75, 3.05) is 26.6 Å². The highest BCUT2D eigenvalue weighted by Crippen LogP contribution is 2.43.